The van der Waals surface area contributed by atoms with Crippen molar-refractivity contribution in [2.45, 2.75) is 18.8 Å². The topological polar surface area (TPSA) is 43.4 Å². The van der Waals surface area contributed by atoms with Crippen LogP contribution in [-0.2, 0) is 47.0 Å². The van der Waals surface area contributed by atoms with E-state index in [0.29, 0.717) is 0 Å². The van der Waals surface area contributed by atoms with Crippen molar-refractivity contribution in [3.05, 3.63) is 71.3 Å². The average molecular weight is 370 g/mol. The van der Waals surface area contributed by atoms with Crippen LogP contribution < -0.4 is 0 Å². The van der Waals surface area contributed by atoms with Crippen LogP contribution in [0, 0.1) is 13.0 Å². The second-order valence-electron chi connectivity index (χ2n) is 4.91. The van der Waals surface area contributed by atoms with Crippen molar-refractivity contribution < 1.29 is 47.0 Å². The number of ether oxygens (including phenoxy) is 1. The van der Waals surface area contributed by atoms with Crippen molar-refractivity contribution >= 4 is 12.3 Å². The molecule has 111 valence electrons. The molecule has 0 saturated carbocycles. The van der Waals surface area contributed by atoms with E-state index in [9.17, 15) is 9.59 Å². The number of esters is 1. The standard InChI is InChI=1S/C18H17O3.Y/c1-13-8-10-15(11-9-13)17(18(20)21-2)16(12-19)14-6-4-3-5-7-14;/h4-12,16-17H,1-2H3;/q-1;. The fourth-order valence-electron chi connectivity index (χ4n) is 2.36. The minimum Gasteiger partial charge on any atom is -0.469 e. The van der Waals surface area contributed by atoms with Crippen LogP contribution in [-0.4, -0.2) is 19.4 Å². The van der Waals surface area contributed by atoms with E-state index in [0.717, 1.165) is 23.0 Å². The van der Waals surface area contributed by atoms with Crippen LogP contribution in [0.4, 0.5) is 0 Å². The largest absolute Gasteiger partial charge is 0.469 e. The fraction of sp³-hybridized carbons (Fsp3) is 0.222. The van der Waals surface area contributed by atoms with Crippen LogP contribution in [0.5, 0.6) is 0 Å². The maximum Gasteiger partial charge on any atom is 0.314 e. The number of carbonyl (C=O) groups excluding carboxylic acids is 2. The van der Waals surface area contributed by atoms with Crippen LogP contribution in [0.1, 0.15) is 28.5 Å². The van der Waals surface area contributed by atoms with Crippen molar-refractivity contribution in [1.82, 2.24) is 0 Å². The van der Waals surface area contributed by atoms with Crippen LogP contribution in [0.2, 0.25) is 0 Å². The molecule has 0 N–H and O–H groups in total. The first-order valence-corrected chi connectivity index (χ1v) is 6.73. The molecule has 0 heterocycles. The van der Waals surface area contributed by atoms with Crippen molar-refractivity contribution in [2.75, 3.05) is 7.11 Å². The number of rotatable bonds is 5. The van der Waals surface area contributed by atoms with Gasteiger partial charge in [0.15, 0.2) is 0 Å². The van der Waals surface area contributed by atoms with E-state index in [1.807, 2.05) is 31.2 Å². The molecule has 2 aromatic carbocycles. The van der Waals surface area contributed by atoms with Gasteiger partial charge in [0, 0.05) is 38.6 Å². The van der Waals surface area contributed by atoms with E-state index in [4.69, 9.17) is 4.74 Å². The first kappa shape index (κ1) is 18.7. The summed E-state index contributed by atoms with van der Waals surface area (Å²) in [4.78, 5) is 23.8. The Morgan fingerprint density at radius 2 is 1.68 bits per heavy atom. The van der Waals surface area contributed by atoms with Gasteiger partial charge in [0.1, 0.15) is 6.29 Å². The summed E-state index contributed by atoms with van der Waals surface area (Å²) >= 11 is 0. The summed E-state index contributed by atoms with van der Waals surface area (Å²) in [6.45, 7) is 1.97. The molecule has 2 atom stereocenters. The van der Waals surface area contributed by atoms with Crippen LogP contribution in [0.15, 0.2) is 48.5 Å². The number of benzene rings is 2. The van der Waals surface area contributed by atoms with E-state index in [1.165, 1.54) is 7.11 Å². The van der Waals surface area contributed by atoms with E-state index < -0.39 is 17.8 Å². The number of aldehydes is 1. The predicted molar refractivity (Wildman–Crippen MR) is 80.0 cm³/mol. The Balaban J connectivity index is 0.00000242. The molecule has 0 aliphatic heterocycles. The molecule has 3 nitrogen and oxygen atoms in total. The Hall–Kier alpha value is -1.32. The number of hydrogen-bond donors (Lipinski definition) is 0. The Labute approximate surface area is 155 Å². The molecule has 1 radical (unpaired) electrons. The number of hydrogen-bond acceptors (Lipinski definition) is 3. The fourth-order valence-corrected chi connectivity index (χ4v) is 2.36. The quantitative estimate of drug-likeness (QED) is 0.462. The normalized spacial score (nSPS) is 12.6. The third-order valence-corrected chi connectivity index (χ3v) is 3.53. The molecular formula is C18H17O3Y-. The average Bonchev–Trinajstić information content (AvgIpc) is 2.54. The van der Waals surface area contributed by atoms with Gasteiger partial charge in [-0.25, -0.2) is 0 Å². The number of methoxy groups -OCH3 is 1. The van der Waals surface area contributed by atoms with Crippen LogP contribution in [0.3, 0.4) is 0 Å². The first-order valence-electron chi connectivity index (χ1n) is 6.73. The van der Waals surface area contributed by atoms with Gasteiger partial charge in [-0.05, 0) is 12.5 Å². The zero-order chi connectivity index (χ0) is 15.2. The number of aryl methyl sites for hydroxylation is 1. The Bertz CT molecular complexity index is 608. The van der Waals surface area contributed by atoms with Gasteiger partial charge in [-0.1, -0.05) is 29.8 Å². The van der Waals surface area contributed by atoms with Gasteiger partial charge >= 0.3 is 5.97 Å². The van der Waals surface area contributed by atoms with Gasteiger partial charge < -0.3 is 9.53 Å². The Morgan fingerprint density at radius 1 is 1.09 bits per heavy atom. The predicted octanol–water partition coefficient (Wildman–Crippen LogP) is 3.03. The molecule has 0 amide bonds. The zero-order valence-corrected chi connectivity index (χ0v) is 15.5. The molecule has 22 heavy (non-hydrogen) atoms. The summed E-state index contributed by atoms with van der Waals surface area (Å²) in [5.41, 5.74) is 2.65. The smallest absolute Gasteiger partial charge is 0.314 e. The second-order valence-corrected chi connectivity index (χ2v) is 4.91. The van der Waals surface area contributed by atoms with Gasteiger partial charge in [-0.15, -0.1) is 5.56 Å². The maximum absolute atomic E-state index is 12.2. The molecule has 4 heteroatoms. The van der Waals surface area contributed by atoms with Gasteiger partial charge in [0.05, 0.1) is 13.0 Å². The van der Waals surface area contributed by atoms with E-state index in [1.54, 1.807) is 24.3 Å². The molecule has 0 bridgehead atoms. The third kappa shape index (κ3) is 4.34. The molecule has 0 fully saturated rings. The molecule has 0 aliphatic rings. The molecule has 0 saturated heterocycles. The summed E-state index contributed by atoms with van der Waals surface area (Å²) in [5.74, 6) is -1.63. The van der Waals surface area contributed by atoms with Crippen LogP contribution >= 0.6 is 0 Å². The molecule has 0 spiro atoms. The van der Waals surface area contributed by atoms with Crippen molar-refractivity contribution in [3.63, 3.8) is 0 Å². The minimum atomic E-state index is -0.643. The van der Waals surface area contributed by atoms with E-state index in [2.05, 4.69) is 6.07 Å². The minimum absolute atomic E-state index is 0. The van der Waals surface area contributed by atoms with Gasteiger partial charge in [0.25, 0.3) is 0 Å². The third-order valence-electron chi connectivity index (χ3n) is 3.53. The molecular weight excluding hydrogens is 353 g/mol. The molecule has 0 aliphatic carbocycles. The summed E-state index contributed by atoms with van der Waals surface area (Å²) < 4.78 is 4.90. The summed E-state index contributed by atoms with van der Waals surface area (Å²) in [6.07, 6.45) is 0.802. The van der Waals surface area contributed by atoms with Crippen molar-refractivity contribution in [1.29, 1.82) is 0 Å². The van der Waals surface area contributed by atoms with Crippen molar-refractivity contribution in [2.24, 2.45) is 0 Å². The molecule has 0 aromatic heterocycles. The molecule has 2 aromatic rings. The zero-order valence-electron chi connectivity index (χ0n) is 12.7. The van der Waals surface area contributed by atoms with E-state index >= 15 is 0 Å². The summed E-state index contributed by atoms with van der Waals surface area (Å²) in [6, 6.07) is 17.5. The maximum atomic E-state index is 12.2. The SMILES string of the molecule is COC(=O)C(c1ccc(C)cc1)C(C=O)c1cc[c-]cc1.[Y]. The molecule has 2 unspecified atom stereocenters. The van der Waals surface area contributed by atoms with E-state index in [-0.39, 0.29) is 32.7 Å². The molecule has 2 rings (SSSR count). The first-order chi connectivity index (χ1) is 10.2. The van der Waals surface area contributed by atoms with Gasteiger partial charge in [0.2, 0.25) is 0 Å². The Kier molecular flexibility index (Phi) is 7.63. The number of carbonyl (C=O) groups is 2. The van der Waals surface area contributed by atoms with Crippen molar-refractivity contribution in [3.8, 4) is 0 Å². The van der Waals surface area contributed by atoms with Crippen LogP contribution in [0.25, 0.3) is 0 Å². The second kappa shape index (κ2) is 8.97. The summed E-state index contributed by atoms with van der Waals surface area (Å²) in [5, 5.41) is 0. The van der Waals surface area contributed by atoms with Gasteiger partial charge in [-0.2, -0.15) is 30.3 Å². The summed E-state index contributed by atoms with van der Waals surface area (Å²) in [7, 11) is 1.34. The van der Waals surface area contributed by atoms with Gasteiger partial charge in [-0.3, -0.25) is 4.79 Å². The Morgan fingerprint density at radius 3 is 2.18 bits per heavy atom. The monoisotopic (exact) mass is 370 g/mol.